The molecule has 3 heterocycles. The number of aliphatic imine (C=N–C) groups is 1. The number of halogens is 1. The second kappa shape index (κ2) is 9.15. The zero-order valence-electron chi connectivity index (χ0n) is 18.3. The smallest absolute Gasteiger partial charge is 0.194 e. The Morgan fingerprint density at radius 3 is 2.39 bits per heavy atom. The Morgan fingerprint density at radius 1 is 1.18 bits per heavy atom. The maximum Gasteiger partial charge on any atom is 0.194 e. The Bertz CT molecular complexity index is 679. The number of aromatic nitrogens is 1. The van der Waals surface area contributed by atoms with Crippen LogP contribution in [0.4, 0.5) is 5.82 Å². The van der Waals surface area contributed by atoms with Crippen LogP contribution in [0, 0.1) is 5.41 Å². The minimum absolute atomic E-state index is 0. The lowest BCUT2D eigenvalue weighted by Crippen LogP contribution is -2.72. The van der Waals surface area contributed by atoms with Gasteiger partial charge in [0.2, 0.25) is 0 Å². The van der Waals surface area contributed by atoms with E-state index in [1.807, 2.05) is 13.2 Å². The first-order chi connectivity index (χ1) is 12.8. The van der Waals surface area contributed by atoms with Crippen LogP contribution >= 0.6 is 24.0 Å². The quantitative estimate of drug-likeness (QED) is 0.392. The number of guanidine groups is 1. The largest absolute Gasteiger partial charge is 0.354 e. The van der Waals surface area contributed by atoms with Gasteiger partial charge in [-0.1, -0.05) is 20.8 Å². The number of piperazine rings is 1. The minimum atomic E-state index is 0. The van der Waals surface area contributed by atoms with Crippen molar-refractivity contribution in [2.24, 2.45) is 10.4 Å². The van der Waals surface area contributed by atoms with Gasteiger partial charge in [0.25, 0.3) is 0 Å². The number of pyridine rings is 1. The highest BCUT2D eigenvalue weighted by Crippen LogP contribution is 2.46. The molecule has 0 radical (unpaired) electrons. The minimum Gasteiger partial charge on any atom is -0.354 e. The lowest BCUT2D eigenvalue weighted by molar-refractivity contribution is -0.0667. The van der Waals surface area contributed by atoms with Gasteiger partial charge in [-0.25, -0.2) is 4.98 Å². The van der Waals surface area contributed by atoms with E-state index in [9.17, 15) is 0 Å². The van der Waals surface area contributed by atoms with E-state index < -0.39 is 0 Å². The molecule has 2 saturated heterocycles. The average molecular weight is 500 g/mol. The third kappa shape index (κ3) is 4.56. The van der Waals surface area contributed by atoms with E-state index in [0.29, 0.717) is 5.41 Å². The van der Waals surface area contributed by atoms with Crippen LogP contribution < -0.4 is 10.2 Å². The molecule has 0 bridgehead atoms. The van der Waals surface area contributed by atoms with Crippen molar-refractivity contribution in [1.29, 1.82) is 0 Å². The Kier molecular flexibility index (Phi) is 7.58. The monoisotopic (exact) mass is 500 g/mol. The van der Waals surface area contributed by atoms with Crippen molar-refractivity contribution in [3.05, 3.63) is 23.9 Å². The summed E-state index contributed by atoms with van der Waals surface area (Å²) in [5, 5.41) is 3.55. The van der Waals surface area contributed by atoms with Crippen molar-refractivity contribution >= 4 is 35.8 Å². The molecule has 28 heavy (non-hydrogen) atoms. The van der Waals surface area contributed by atoms with E-state index in [0.717, 1.165) is 57.6 Å². The summed E-state index contributed by atoms with van der Waals surface area (Å²) in [5.74, 6) is 2.07. The molecule has 2 aliphatic heterocycles. The van der Waals surface area contributed by atoms with Gasteiger partial charge in [0.1, 0.15) is 5.82 Å². The van der Waals surface area contributed by atoms with E-state index >= 15 is 0 Å². The lowest BCUT2D eigenvalue weighted by atomic mass is 9.65. The fourth-order valence-electron chi connectivity index (χ4n) is 3.91. The Balaban J connectivity index is 0.00000280. The highest BCUT2D eigenvalue weighted by atomic mass is 127. The number of rotatable bonds is 4. The van der Waals surface area contributed by atoms with Crippen molar-refractivity contribution in [2.45, 2.75) is 46.7 Å². The zero-order chi connectivity index (χ0) is 19.7. The van der Waals surface area contributed by atoms with Crippen LogP contribution in [-0.4, -0.2) is 72.6 Å². The average Bonchev–Trinajstić information content (AvgIpc) is 2.68. The van der Waals surface area contributed by atoms with Crippen molar-refractivity contribution in [2.75, 3.05) is 51.2 Å². The summed E-state index contributed by atoms with van der Waals surface area (Å²) in [6.45, 7) is 18.7. The van der Waals surface area contributed by atoms with Crippen molar-refractivity contribution in [3.63, 3.8) is 0 Å². The fraction of sp³-hybridized carbons (Fsp3) is 0.714. The van der Waals surface area contributed by atoms with Crippen LogP contribution in [0.25, 0.3) is 0 Å². The number of likely N-dealkylation sites (N-methyl/N-ethyl adjacent to an activating group) is 1. The van der Waals surface area contributed by atoms with Crippen molar-refractivity contribution in [3.8, 4) is 0 Å². The van der Waals surface area contributed by atoms with Crippen LogP contribution in [-0.2, 0) is 6.54 Å². The summed E-state index contributed by atoms with van der Waals surface area (Å²) in [6.07, 6.45) is 1.93. The van der Waals surface area contributed by atoms with E-state index in [1.54, 1.807) is 0 Å². The van der Waals surface area contributed by atoms with Gasteiger partial charge < -0.3 is 20.0 Å². The molecule has 0 spiro atoms. The predicted molar refractivity (Wildman–Crippen MR) is 129 cm³/mol. The molecule has 2 aliphatic rings. The summed E-state index contributed by atoms with van der Waals surface area (Å²) in [6, 6.07) is 4.31. The standard InChI is InChI=1S/C21H36N6.HI/c1-7-25-10-12-26(13-11-25)18-14-17(8-9-23-18)15-24-19(22-6)27-16-20(2,3)21(27,4)5;/h8-9,14H,7,10-13,15-16H2,1-6H3,(H,22,24);1H. The molecule has 0 aromatic carbocycles. The maximum atomic E-state index is 4.60. The van der Waals surface area contributed by atoms with Crippen LogP contribution in [0.3, 0.4) is 0 Å². The van der Waals surface area contributed by atoms with Gasteiger partial charge in [-0.15, -0.1) is 24.0 Å². The molecule has 6 nitrogen and oxygen atoms in total. The second-order valence-electron chi connectivity index (χ2n) is 8.87. The molecule has 1 aromatic rings. The molecule has 1 N–H and O–H groups in total. The summed E-state index contributed by atoms with van der Waals surface area (Å²) < 4.78 is 0. The topological polar surface area (TPSA) is 47.0 Å². The molecular formula is C21H37IN6. The highest BCUT2D eigenvalue weighted by Gasteiger charge is 2.53. The highest BCUT2D eigenvalue weighted by molar-refractivity contribution is 14.0. The van der Waals surface area contributed by atoms with E-state index in [4.69, 9.17) is 0 Å². The van der Waals surface area contributed by atoms with E-state index in [-0.39, 0.29) is 29.5 Å². The zero-order valence-corrected chi connectivity index (χ0v) is 20.7. The second-order valence-corrected chi connectivity index (χ2v) is 8.87. The molecule has 0 atom stereocenters. The number of hydrogen-bond donors (Lipinski definition) is 1. The molecule has 0 amide bonds. The summed E-state index contributed by atoms with van der Waals surface area (Å²) >= 11 is 0. The number of anilines is 1. The molecule has 0 saturated carbocycles. The summed E-state index contributed by atoms with van der Waals surface area (Å²) in [7, 11) is 1.87. The predicted octanol–water partition coefficient (Wildman–Crippen LogP) is 3.04. The normalized spacial score (nSPS) is 21.7. The van der Waals surface area contributed by atoms with Gasteiger partial charge in [-0.2, -0.15) is 0 Å². The van der Waals surface area contributed by atoms with Crippen LogP contribution in [0.15, 0.2) is 23.3 Å². The number of nitrogens with zero attached hydrogens (tertiary/aromatic N) is 5. The number of nitrogens with one attached hydrogen (secondary N) is 1. The molecule has 3 rings (SSSR count). The molecule has 2 fully saturated rings. The van der Waals surface area contributed by atoms with Gasteiger partial charge in [0.05, 0.1) is 0 Å². The third-order valence-corrected chi connectivity index (χ3v) is 6.76. The van der Waals surface area contributed by atoms with Gasteiger partial charge in [-0.05, 0) is 38.1 Å². The van der Waals surface area contributed by atoms with E-state index in [2.05, 4.69) is 76.7 Å². The molecular weight excluding hydrogens is 463 g/mol. The van der Waals surface area contributed by atoms with Gasteiger partial charge in [0, 0.05) is 63.5 Å². The van der Waals surface area contributed by atoms with Crippen LogP contribution in [0.5, 0.6) is 0 Å². The molecule has 0 aliphatic carbocycles. The van der Waals surface area contributed by atoms with Gasteiger partial charge in [0.15, 0.2) is 5.96 Å². The number of likely N-dealkylation sites (tertiary alicyclic amines) is 1. The van der Waals surface area contributed by atoms with Crippen LogP contribution in [0.1, 0.15) is 40.2 Å². The van der Waals surface area contributed by atoms with E-state index in [1.165, 1.54) is 5.56 Å². The first-order valence-electron chi connectivity index (χ1n) is 10.2. The first-order valence-corrected chi connectivity index (χ1v) is 10.2. The summed E-state index contributed by atoms with van der Waals surface area (Å²) in [5.41, 5.74) is 1.66. The fourth-order valence-corrected chi connectivity index (χ4v) is 3.91. The molecule has 1 aromatic heterocycles. The molecule has 7 heteroatoms. The Morgan fingerprint density at radius 2 is 1.86 bits per heavy atom. The first kappa shape index (κ1) is 23.2. The van der Waals surface area contributed by atoms with Crippen LogP contribution in [0.2, 0.25) is 0 Å². The van der Waals surface area contributed by atoms with Crippen molar-refractivity contribution in [1.82, 2.24) is 20.1 Å². The number of hydrogen-bond acceptors (Lipinski definition) is 4. The summed E-state index contributed by atoms with van der Waals surface area (Å²) in [4.78, 5) is 16.4. The molecule has 0 unspecified atom stereocenters. The lowest BCUT2D eigenvalue weighted by Gasteiger charge is -2.62. The molecule has 158 valence electrons. The third-order valence-electron chi connectivity index (χ3n) is 6.76. The maximum absolute atomic E-state index is 4.60. The SMILES string of the molecule is CCN1CCN(c2cc(CNC(=NC)N3CC(C)(C)C3(C)C)ccn2)CC1.I. The Labute approximate surface area is 187 Å². The van der Waals surface area contributed by atoms with Gasteiger partial charge >= 0.3 is 0 Å². The van der Waals surface area contributed by atoms with Crippen molar-refractivity contribution < 1.29 is 0 Å². The Hall–Kier alpha value is -1.09. The van der Waals surface area contributed by atoms with Gasteiger partial charge in [-0.3, -0.25) is 4.99 Å².